The van der Waals surface area contributed by atoms with Crippen LogP contribution in [-0.2, 0) is 9.59 Å². The largest absolute Gasteiger partial charge is 0.478 e. The number of carboxylic acids is 1. The van der Waals surface area contributed by atoms with Gasteiger partial charge < -0.3 is 5.11 Å². The molecule has 0 aliphatic carbocycles. The second kappa shape index (κ2) is 7.01. The van der Waals surface area contributed by atoms with E-state index in [-0.39, 0.29) is 0 Å². The Kier molecular flexibility index (Phi) is 4.83. The summed E-state index contributed by atoms with van der Waals surface area (Å²) in [5.74, 6) is -1.00. The Bertz CT molecular complexity index is 697. The van der Waals surface area contributed by atoms with Gasteiger partial charge in [-0.2, -0.15) is 0 Å². The van der Waals surface area contributed by atoms with E-state index >= 15 is 0 Å². The molecule has 0 bridgehead atoms. The summed E-state index contributed by atoms with van der Waals surface area (Å²) in [7, 11) is 0. The fraction of sp³-hybridized carbons (Fsp3) is 0. The molecule has 0 radical (unpaired) electrons. The first-order valence-electron chi connectivity index (χ1n) is 6.42. The number of carbonyl (C=O) groups is 2. The van der Waals surface area contributed by atoms with Crippen molar-refractivity contribution in [3.05, 3.63) is 77.4 Å². The van der Waals surface area contributed by atoms with Crippen LogP contribution in [0.5, 0.6) is 0 Å². The van der Waals surface area contributed by atoms with Gasteiger partial charge in [0.15, 0.2) is 6.29 Å². The Hall–Kier alpha value is -2.94. The molecular formula is C18H14O3. The fourth-order valence-corrected chi connectivity index (χ4v) is 1.90. The van der Waals surface area contributed by atoms with Gasteiger partial charge in [0.2, 0.25) is 0 Å². The second-order valence-electron chi connectivity index (χ2n) is 4.43. The van der Waals surface area contributed by atoms with Crippen LogP contribution in [0.25, 0.3) is 17.7 Å². The highest BCUT2D eigenvalue weighted by Crippen LogP contribution is 2.18. The third-order valence-corrected chi connectivity index (χ3v) is 2.89. The van der Waals surface area contributed by atoms with E-state index < -0.39 is 5.97 Å². The van der Waals surface area contributed by atoms with Crippen LogP contribution in [-0.4, -0.2) is 17.4 Å². The van der Waals surface area contributed by atoms with Crippen molar-refractivity contribution in [2.24, 2.45) is 0 Å². The molecule has 0 aromatic heterocycles. The molecule has 0 unspecified atom stereocenters. The number of carboxylic acid groups (broad SMARTS) is 1. The van der Waals surface area contributed by atoms with E-state index in [0.717, 1.165) is 29.1 Å². The standard InChI is InChI=1S/C18H14O3/c19-13-17(12-14-5-2-1-3-6-14)16-8-4-7-15(11-16)9-10-18(20)21/h1-13H,(H,20,21). The molecule has 3 nitrogen and oxygen atoms in total. The summed E-state index contributed by atoms with van der Waals surface area (Å²) in [6.45, 7) is 0. The minimum atomic E-state index is -1.00. The molecule has 104 valence electrons. The van der Waals surface area contributed by atoms with Crippen molar-refractivity contribution >= 4 is 30.0 Å². The van der Waals surface area contributed by atoms with Gasteiger partial charge in [-0.3, -0.25) is 4.79 Å². The molecule has 2 rings (SSSR count). The average molecular weight is 278 g/mol. The summed E-state index contributed by atoms with van der Waals surface area (Å²) in [5.41, 5.74) is 2.97. The van der Waals surface area contributed by atoms with Gasteiger partial charge in [0.1, 0.15) is 0 Å². The van der Waals surface area contributed by atoms with E-state index in [1.165, 1.54) is 6.08 Å². The van der Waals surface area contributed by atoms with Gasteiger partial charge in [0.05, 0.1) is 0 Å². The number of benzene rings is 2. The monoisotopic (exact) mass is 278 g/mol. The van der Waals surface area contributed by atoms with Crippen molar-refractivity contribution in [1.29, 1.82) is 0 Å². The van der Waals surface area contributed by atoms with Crippen molar-refractivity contribution in [2.75, 3.05) is 0 Å². The molecule has 0 aliphatic rings. The summed E-state index contributed by atoms with van der Waals surface area (Å²) in [5, 5.41) is 8.64. The SMILES string of the molecule is O=CC(=Cc1ccccc1)c1cccc(C=CC(=O)O)c1. The van der Waals surface area contributed by atoms with Crippen LogP contribution >= 0.6 is 0 Å². The molecule has 3 heteroatoms. The van der Waals surface area contributed by atoms with Gasteiger partial charge in [-0.05, 0) is 34.9 Å². The number of hydrogen-bond acceptors (Lipinski definition) is 2. The zero-order chi connectivity index (χ0) is 15.1. The van der Waals surface area contributed by atoms with Gasteiger partial charge in [0.25, 0.3) is 0 Å². The van der Waals surface area contributed by atoms with Crippen LogP contribution in [0.3, 0.4) is 0 Å². The molecule has 1 N–H and O–H groups in total. The van der Waals surface area contributed by atoms with Crippen molar-refractivity contribution in [3.63, 3.8) is 0 Å². The summed E-state index contributed by atoms with van der Waals surface area (Å²) in [4.78, 5) is 21.8. The maximum absolute atomic E-state index is 11.3. The molecular weight excluding hydrogens is 264 g/mol. The van der Waals surface area contributed by atoms with Gasteiger partial charge in [-0.25, -0.2) is 4.79 Å². The topological polar surface area (TPSA) is 54.4 Å². The molecule has 21 heavy (non-hydrogen) atoms. The predicted molar refractivity (Wildman–Crippen MR) is 83.5 cm³/mol. The number of rotatable bonds is 5. The van der Waals surface area contributed by atoms with Gasteiger partial charge in [-0.15, -0.1) is 0 Å². The van der Waals surface area contributed by atoms with Crippen LogP contribution in [0, 0.1) is 0 Å². The van der Waals surface area contributed by atoms with Gasteiger partial charge in [0, 0.05) is 11.6 Å². The lowest BCUT2D eigenvalue weighted by atomic mass is 10.0. The first-order valence-corrected chi connectivity index (χ1v) is 6.42. The zero-order valence-corrected chi connectivity index (χ0v) is 11.3. The highest BCUT2D eigenvalue weighted by atomic mass is 16.4. The molecule has 0 fully saturated rings. The molecule has 0 saturated heterocycles. The highest BCUT2D eigenvalue weighted by Gasteiger charge is 2.01. The second-order valence-corrected chi connectivity index (χ2v) is 4.43. The molecule has 0 spiro atoms. The number of aldehydes is 1. The predicted octanol–water partition coefficient (Wildman–Crippen LogP) is 3.52. The lowest BCUT2D eigenvalue weighted by Gasteiger charge is -2.03. The maximum atomic E-state index is 11.3. The van der Waals surface area contributed by atoms with Crippen LogP contribution < -0.4 is 0 Å². The Morgan fingerprint density at radius 1 is 0.952 bits per heavy atom. The summed E-state index contributed by atoms with van der Waals surface area (Å²) < 4.78 is 0. The first-order chi connectivity index (χ1) is 10.2. The fourth-order valence-electron chi connectivity index (χ4n) is 1.90. The van der Waals surface area contributed by atoms with Crippen molar-refractivity contribution in [1.82, 2.24) is 0 Å². The van der Waals surface area contributed by atoms with E-state index in [1.54, 1.807) is 24.3 Å². The molecule has 0 saturated carbocycles. The number of aliphatic carboxylic acids is 1. The van der Waals surface area contributed by atoms with Crippen LogP contribution in [0.2, 0.25) is 0 Å². The van der Waals surface area contributed by atoms with Crippen LogP contribution in [0.15, 0.2) is 60.7 Å². The van der Waals surface area contributed by atoms with E-state index in [1.807, 2.05) is 36.4 Å². The molecule has 0 heterocycles. The third-order valence-electron chi connectivity index (χ3n) is 2.89. The lowest BCUT2D eigenvalue weighted by molar-refractivity contribution is -0.131. The lowest BCUT2D eigenvalue weighted by Crippen LogP contribution is -1.89. The Balaban J connectivity index is 2.35. The average Bonchev–Trinajstić information content (AvgIpc) is 2.52. The van der Waals surface area contributed by atoms with Crippen LogP contribution in [0.1, 0.15) is 16.7 Å². The number of hydrogen-bond donors (Lipinski definition) is 1. The Morgan fingerprint density at radius 2 is 1.67 bits per heavy atom. The van der Waals surface area contributed by atoms with Crippen molar-refractivity contribution < 1.29 is 14.7 Å². The smallest absolute Gasteiger partial charge is 0.328 e. The van der Waals surface area contributed by atoms with Crippen LogP contribution in [0.4, 0.5) is 0 Å². The van der Waals surface area contributed by atoms with E-state index in [0.29, 0.717) is 5.57 Å². The quantitative estimate of drug-likeness (QED) is 0.517. The Labute approximate surface area is 122 Å². The summed E-state index contributed by atoms with van der Waals surface area (Å²) in [6.07, 6.45) is 5.16. The van der Waals surface area contributed by atoms with Crippen molar-refractivity contribution in [2.45, 2.75) is 0 Å². The highest BCUT2D eigenvalue weighted by molar-refractivity contribution is 6.13. The van der Waals surface area contributed by atoms with Gasteiger partial charge in [-0.1, -0.05) is 48.5 Å². The molecule has 2 aromatic rings. The molecule has 0 amide bonds. The first kappa shape index (κ1) is 14.5. The number of carbonyl (C=O) groups excluding carboxylic acids is 1. The zero-order valence-electron chi connectivity index (χ0n) is 11.3. The molecule has 0 atom stereocenters. The normalized spacial score (nSPS) is 11.5. The Morgan fingerprint density at radius 3 is 2.33 bits per heavy atom. The van der Waals surface area contributed by atoms with Crippen molar-refractivity contribution in [3.8, 4) is 0 Å². The van der Waals surface area contributed by atoms with E-state index in [9.17, 15) is 9.59 Å². The summed E-state index contributed by atoms with van der Waals surface area (Å²) >= 11 is 0. The number of allylic oxidation sites excluding steroid dienone is 1. The van der Waals surface area contributed by atoms with Gasteiger partial charge >= 0.3 is 5.97 Å². The maximum Gasteiger partial charge on any atom is 0.328 e. The van der Waals surface area contributed by atoms with E-state index in [2.05, 4.69) is 0 Å². The molecule has 0 aliphatic heterocycles. The molecule has 2 aromatic carbocycles. The minimum Gasteiger partial charge on any atom is -0.478 e. The van der Waals surface area contributed by atoms with E-state index in [4.69, 9.17) is 5.11 Å². The third kappa shape index (κ3) is 4.28. The summed E-state index contributed by atoms with van der Waals surface area (Å²) in [6, 6.07) is 16.7. The minimum absolute atomic E-state index is 0.548.